The zero-order chi connectivity index (χ0) is 18.3. The molecule has 4 rings (SSSR count). The molecule has 140 valence electrons. The van der Waals surface area contributed by atoms with Gasteiger partial charge in [0.25, 0.3) is 0 Å². The monoisotopic (exact) mass is 360 g/mol. The Morgan fingerprint density at radius 1 is 1.42 bits per heavy atom. The molecule has 2 heterocycles. The Labute approximate surface area is 152 Å². The molecule has 5 nitrogen and oxygen atoms in total. The maximum atomic E-state index is 13.8. The van der Waals surface area contributed by atoms with E-state index in [1.165, 1.54) is 12.1 Å². The van der Waals surface area contributed by atoms with E-state index in [0.29, 0.717) is 25.3 Å². The molecule has 26 heavy (non-hydrogen) atoms. The summed E-state index contributed by atoms with van der Waals surface area (Å²) in [6.45, 7) is 3.70. The fraction of sp³-hybridized carbons (Fsp3) is 0.600. The van der Waals surface area contributed by atoms with Crippen molar-refractivity contribution in [3.05, 3.63) is 29.6 Å². The van der Waals surface area contributed by atoms with Crippen molar-refractivity contribution < 1.29 is 18.7 Å². The number of rotatable bonds is 3. The second-order valence-corrected chi connectivity index (χ2v) is 7.70. The summed E-state index contributed by atoms with van der Waals surface area (Å²) in [6, 6.07) is 4.64. The topological polar surface area (TPSA) is 58.6 Å². The fourth-order valence-corrected chi connectivity index (χ4v) is 4.54. The number of hydrogen-bond donors (Lipinski definition) is 1. The van der Waals surface area contributed by atoms with Crippen molar-refractivity contribution in [2.45, 2.75) is 50.5 Å². The van der Waals surface area contributed by atoms with E-state index >= 15 is 0 Å². The highest BCUT2D eigenvalue weighted by Gasteiger charge is 2.62. The summed E-state index contributed by atoms with van der Waals surface area (Å²) in [5, 5.41) is 3.00. The second kappa shape index (κ2) is 6.56. The standard InChI is InChI=1S/C20H25FN2O3/c1-2-18(24)22-14-4-3-8-23(12-14)19(25)16-11-20(16)7-9-26-17-6-5-13(21)10-15(17)20/h5-6,10,14,16H,2-4,7-9,11-12H2,1H3,(H,22,24)/t14?,16-,20-/m1/s1. The lowest BCUT2D eigenvalue weighted by atomic mass is 9.87. The maximum absolute atomic E-state index is 13.8. The number of carbonyl (C=O) groups excluding carboxylic acids is 2. The predicted octanol–water partition coefficient (Wildman–Crippen LogP) is 2.38. The smallest absolute Gasteiger partial charge is 0.226 e. The number of ether oxygens (including phenoxy) is 1. The normalized spacial score (nSPS) is 29.7. The van der Waals surface area contributed by atoms with Crippen LogP contribution in [-0.2, 0) is 15.0 Å². The summed E-state index contributed by atoms with van der Waals surface area (Å²) in [4.78, 5) is 26.6. The van der Waals surface area contributed by atoms with E-state index in [-0.39, 0.29) is 35.0 Å². The average Bonchev–Trinajstić information content (AvgIpc) is 3.36. The Bertz CT molecular complexity index is 738. The lowest BCUT2D eigenvalue weighted by molar-refractivity contribution is -0.135. The zero-order valence-corrected chi connectivity index (χ0v) is 15.1. The first-order valence-electron chi connectivity index (χ1n) is 9.54. The summed E-state index contributed by atoms with van der Waals surface area (Å²) in [5.74, 6) is 0.484. The van der Waals surface area contributed by atoms with Crippen molar-refractivity contribution in [2.75, 3.05) is 19.7 Å². The van der Waals surface area contributed by atoms with Crippen LogP contribution in [0.15, 0.2) is 18.2 Å². The largest absolute Gasteiger partial charge is 0.493 e. The van der Waals surface area contributed by atoms with Crippen molar-refractivity contribution in [1.29, 1.82) is 0 Å². The van der Waals surface area contributed by atoms with Crippen LogP contribution in [0, 0.1) is 11.7 Å². The van der Waals surface area contributed by atoms with Crippen molar-refractivity contribution in [3.8, 4) is 5.75 Å². The van der Waals surface area contributed by atoms with Crippen molar-refractivity contribution >= 4 is 11.8 Å². The summed E-state index contributed by atoms with van der Waals surface area (Å²) in [7, 11) is 0. The van der Waals surface area contributed by atoms with Crippen LogP contribution in [0.4, 0.5) is 4.39 Å². The molecule has 0 aromatic heterocycles. The number of carbonyl (C=O) groups is 2. The van der Waals surface area contributed by atoms with E-state index in [0.717, 1.165) is 37.8 Å². The lowest BCUT2D eigenvalue weighted by Gasteiger charge is -2.34. The van der Waals surface area contributed by atoms with Gasteiger partial charge in [-0.2, -0.15) is 0 Å². The summed E-state index contributed by atoms with van der Waals surface area (Å²) < 4.78 is 19.4. The number of likely N-dealkylation sites (tertiary alicyclic amines) is 1. The molecule has 1 spiro atoms. The van der Waals surface area contributed by atoms with E-state index in [4.69, 9.17) is 4.74 Å². The van der Waals surface area contributed by atoms with Crippen LogP contribution in [0.2, 0.25) is 0 Å². The molecular weight excluding hydrogens is 335 g/mol. The molecule has 1 N–H and O–H groups in total. The molecule has 1 aliphatic carbocycles. The lowest BCUT2D eigenvalue weighted by Crippen LogP contribution is -2.50. The Hall–Kier alpha value is -2.11. The van der Waals surface area contributed by atoms with E-state index in [1.54, 1.807) is 6.07 Å². The van der Waals surface area contributed by atoms with Gasteiger partial charge in [0.1, 0.15) is 11.6 Å². The van der Waals surface area contributed by atoms with Gasteiger partial charge in [-0.25, -0.2) is 4.39 Å². The minimum absolute atomic E-state index is 0.0287. The number of halogens is 1. The van der Waals surface area contributed by atoms with Gasteiger partial charge in [-0.3, -0.25) is 9.59 Å². The number of amides is 2. The van der Waals surface area contributed by atoms with E-state index < -0.39 is 0 Å². The molecule has 3 atom stereocenters. The average molecular weight is 360 g/mol. The van der Waals surface area contributed by atoms with E-state index in [2.05, 4.69) is 5.32 Å². The minimum atomic E-state index is -0.285. The molecule has 0 bridgehead atoms. The quantitative estimate of drug-likeness (QED) is 0.900. The molecule has 3 aliphatic rings. The molecule has 1 aromatic carbocycles. The highest BCUT2D eigenvalue weighted by atomic mass is 19.1. The summed E-state index contributed by atoms with van der Waals surface area (Å²) >= 11 is 0. The van der Waals surface area contributed by atoms with Crippen LogP contribution in [0.3, 0.4) is 0 Å². The Kier molecular flexibility index (Phi) is 4.37. The molecule has 2 aliphatic heterocycles. The van der Waals surface area contributed by atoms with Crippen molar-refractivity contribution in [2.24, 2.45) is 5.92 Å². The third-order valence-electron chi connectivity index (χ3n) is 6.08. The second-order valence-electron chi connectivity index (χ2n) is 7.70. The van der Waals surface area contributed by atoms with Crippen molar-refractivity contribution in [3.63, 3.8) is 0 Å². The van der Waals surface area contributed by atoms with Gasteiger partial charge in [0.2, 0.25) is 11.8 Å². The predicted molar refractivity (Wildman–Crippen MR) is 94.3 cm³/mol. The van der Waals surface area contributed by atoms with Gasteiger partial charge in [0, 0.05) is 42.4 Å². The number of fused-ring (bicyclic) bond motifs is 2. The third kappa shape index (κ3) is 2.95. The first-order valence-corrected chi connectivity index (χ1v) is 9.54. The van der Waals surface area contributed by atoms with Gasteiger partial charge >= 0.3 is 0 Å². The van der Waals surface area contributed by atoms with Crippen LogP contribution in [-0.4, -0.2) is 42.5 Å². The molecule has 2 amide bonds. The Morgan fingerprint density at radius 2 is 2.27 bits per heavy atom. The molecule has 1 aromatic rings. The SMILES string of the molecule is CCC(=O)NC1CCCN(C(=O)[C@H]2C[C@@]23CCOc2ccc(F)cc23)C1. The third-order valence-corrected chi connectivity index (χ3v) is 6.08. The van der Waals surface area contributed by atoms with Crippen molar-refractivity contribution in [1.82, 2.24) is 10.2 Å². The van der Waals surface area contributed by atoms with E-state index in [1.807, 2.05) is 11.8 Å². The van der Waals surface area contributed by atoms with Gasteiger partial charge < -0.3 is 15.0 Å². The first kappa shape index (κ1) is 17.3. The Morgan fingerprint density at radius 3 is 3.08 bits per heavy atom. The van der Waals surface area contributed by atoms with Crippen LogP contribution in [0.5, 0.6) is 5.75 Å². The molecule has 1 unspecified atom stereocenters. The molecule has 0 radical (unpaired) electrons. The number of benzene rings is 1. The number of nitrogens with one attached hydrogen (secondary N) is 1. The maximum Gasteiger partial charge on any atom is 0.226 e. The van der Waals surface area contributed by atoms with Gasteiger partial charge in [0.05, 0.1) is 6.61 Å². The summed E-state index contributed by atoms with van der Waals surface area (Å²) in [5.41, 5.74) is 0.571. The number of hydrogen-bond acceptors (Lipinski definition) is 3. The van der Waals surface area contributed by atoms with Gasteiger partial charge in [-0.15, -0.1) is 0 Å². The summed E-state index contributed by atoms with van der Waals surface area (Å²) in [6.07, 6.45) is 3.78. The van der Waals surface area contributed by atoms with Gasteiger partial charge in [-0.1, -0.05) is 6.92 Å². The van der Waals surface area contributed by atoms with Crippen LogP contribution >= 0.6 is 0 Å². The fourth-order valence-electron chi connectivity index (χ4n) is 4.54. The van der Waals surface area contributed by atoms with Gasteiger partial charge in [-0.05, 0) is 43.9 Å². The number of nitrogens with zero attached hydrogens (tertiary/aromatic N) is 1. The Balaban J connectivity index is 1.48. The minimum Gasteiger partial charge on any atom is -0.493 e. The molecule has 2 fully saturated rings. The highest BCUT2D eigenvalue weighted by molar-refractivity contribution is 5.85. The molecule has 1 saturated carbocycles. The van der Waals surface area contributed by atoms with Gasteiger partial charge in [0.15, 0.2) is 0 Å². The molecule has 6 heteroatoms. The molecule has 1 saturated heterocycles. The van der Waals surface area contributed by atoms with Crippen LogP contribution in [0.25, 0.3) is 0 Å². The number of piperidine rings is 1. The molecular formula is C20H25FN2O3. The van der Waals surface area contributed by atoms with E-state index in [9.17, 15) is 14.0 Å². The zero-order valence-electron chi connectivity index (χ0n) is 15.1. The van der Waals surface area contributed by atoms with Crippen LogP contribution < -0.4 is 10.1 Å². The van der Waals surface area contributed by atoms with Crippen LogP contribution in [0.1, 0.15) is 44.6 Å². The first-order chi connectivity index (χ1) is 12.5. The highest BCUT2D eigenvalue weighted by Crippen LogP contribution is 2.61.